The van der Waals surface area contributed by atoms with Gasteiger partial charge in [-0.2, -0.15) is 0 Å². The van der Waals surface area contributed by atoms with Gasteiger partial charge in [0.05, 0.1) is 12.8 Å². The molecule has 2 aromatic carbocycles. The summed E-state index contributed by atoms with van der Waals surface area (Å²) in [6.45, 7) is 6.36. The van der Waals surface area contributed by atoms with Crippen LogP contribution in [-0.4, -0.2) is 35.8 Å². The number of Topliss-reactive ketones (excluding diaryl/α,β-unsaturated/α-hetero) is 1. The van der Waals surface area contributed by atoms with Crippen molar-refractivity contribution in [2.45, 2.75) is 42.8 Å². The van der Waals surface area contributed by atoms with Crippen molar-refractivity contribution in [2.24, 2.45) is 5.16 Å². The molecule has 0 fully saturated rings. The van der Waals surface area contributed by atoms with Crippen molar-refractivity contribution in [1.82, 2.24) is 0 Å². The Hall–Kier alpha value is -3.93. The van der Waals surface area contributed by atoms with Crippen LogP contribution in [0.15, 0.2) is 75.6 Å². The number of hydrogen-bond acceptors (Lipinski definition) is 9. The Balaban J connectivity index is 1.88. The van der Waals surface area contributed by atoms with Gasteiger partial charge in [-0.15, -0.1) is 13.2 Å². The fraction of sp³-hybridized carbons (Fsp3) is 0.208. The minimum Gasteiger partial charge on any atom is -0.423 e. The molecule has 0 unspecified atom stereocenters. The van der Waals surface area contributed by atoms with Gasteiger partial charge >= 0.3 is 24.3 Å². The highest BCUT2D eigenvalue weighted by molar-refractivity contribution is 7.99. The smallest absolute Gasteiger partial charge is 0.423 e. The molecule has 0 radical (unpaired) electrons. The maximum absolute atomic E-state index is 12.4. The molecule has 0 amide bonds. The first-order valence-corrected chi connectivity index (χ1v) is 11.0. The highest BCUT2D eigenvalue weighted by Crippen LogP contribution is 2.29. The molecule has 0 aliphatic rings. The van der Waals surface area contributed by atoms with Crippen molar-refractivity contribution < 1.29 is 46.7 Å². The first-order chi connectivity index (χ1) is 16.8. The summed E-state index contributed by atoms with van der Waals surface area (Å²) in [6, 6.07) is 13.3. The second-order valence-electron chi connectivity index (χ2n) is 7.16. The third kappa shape index (κ3) is 9.74. The molecule has 36 heavy (non-hydrogen) atoms. The Morgan fingerprint density at radius 1 is 0.889 bits per heavy atom. The molecule has 0 heterocycles. The molecule has 0 aromatic heterocycles. The van der Waals surface area contributed by atoms with Crippen LogP contribution in [-0.2, 0) is 24.0 Å². The lowest BCUT2D eigenvalue weighted by Gasteiger charge is -2.07. The standard InChI is InChI=1S/C24H20F3NO7S/c1-14(2)23(32)33-17-6-10-19(11-7-17)36-18-8-4-16(5-9-18)22(31)15(3)28-35-21(30)13-12-20(29)34-24(25,26)27/h4-11H,1,12-13H2,2-3H3/b28-15+. The maximum Gasteiger partial charge on any atom is 0.575 e. The third-order valence-electron chi connectivity index (χ3n) is 4.11. The van der Waals surface area contributed by atoms with Gasteiger partial charge in [0.2, 0.25) is 5.78 Å². The largest absolute Gasteiger partial charge is 0.575 e. The summed E-state index contributed by atoms with van der Waals surface area (Å²) in [7, 11) is 0. The molecule has 12 heteroatoms. The Kier molecular flexibility index (Phi) is 9.97. The number of esters is 2. The van der Waals surface area contributed by atoms with Crippen molar-refractivity contribution in [3.8, 4) is 5.75 Å². The van der Waals surface area contributed by atoms with E-state index in [1.165, 1.54) is 18.7 Å². The van der Waals surface area contributed by atoms with E-state index in [0.717, 1.165) is 9.79 Å². The summed E-state index contributed by atoms with van der Waals surface area (Å²) < 4.78 is 44.0. The van der Waals surface area contributed by atoms with Crippen LogP contribution in [0.5, 0.6) is 5.75 Å². The van der Waals surface area contributed by atoms with E-state index < -0.39 is 42.9 Å². The number of carbonyl (C=O) groups excluding carboxylic acids is 4. The Morgan fingerprint density at radius 3 is 1.94 bits per heavy atom. The number of hydrogen-bond donors (Lipinski definition) is 0. The summed E-state index contributed by atoms with van der Waals surface area (Å²) in [6.07, 6.45) is -6.70. The van der Waals surface area contributed by atoms with Gasteiger partial charge in [0.1, 0.15) is 11.5 Å². The van der Waals surface area contributed by atoms with Gasteiger partial charge in [0.25, 0.3) is 0 Å². The van der Waals surface area contributed by atoms with Crippen LogP contribution in [0.1, 0.15) is 37.0 Å². The predicted octanol–water partition coefficient (Wildman–Crippen LogP) is 5.26. The fourth-order valence-electron chi connectivity index (χ4n) is 2.38. The minimum atomic E-state index is -5.14. The van der Waals surface area contributed by atoms with Crippen molar-refractivity contribution >= 4 is 41.2 Å². The number of ether oxygens (including phenoxy) is 2. The summed E-state index contributed by atoms with van der Waals surface area (Å²) in [4.78, 5) is 52.6. The van der Waals surface area contributed by atoms with Crippen LogP contribution < -0.4 is 4.74 Å². The first kappa shape index (κ1) is 28.3. The SMILES string of the molecule is C=C(C)C(=O)Oc1ccc(Sc2ccc(C(=O)/C(C)=N/OC(=O)CCC(=O)OC(F)(F)F)cc2)cc1. The Bertz CT molecular complexity index is 1170. The topological polar surface area (TPSA) is 108 Å². The zero-order chi connectivity index (χ0) is 26.9. The van der Waals surface area contributed by atoms with Crippen LogP contribution >= 0.6 is 11.8 Å². The van der Waals surface area contributed by atoms with E-state index in [9.17, 15) is 32.3 Å². The molecule has 2 aromatic rings. The summed E-state index contributed by atoms with van der Waals surface area (Å²) >= 11 is 1.40. The van der Waals surface area contributed by atoms with Crippen LogP contribution in [0.3, 0.4) is 0 Å². The van der Waals surface area contributed by atoms with Gasteiger partial charge in [0.15, 0.2) is 0 Å². The van der Waals surface area contributed by atoms with E-state index in [0.29, 0.717) is 5.75 Å². The monoisotopic (exact) mass is 523 g/mol. The average molecular weight is 523 g/mol. The second kappa shape index (κ2) is 12.7. The quantitative estimate of drug-likeness (QED) is 0.0789. The van der Waals surface area contributed by atoms with Crippen molar-refractivity contribution in [1.29, 1.82) is 0 Å². The highest BCUT2D eigenvalue weighted by atomic mass is 32.2. The van der Waals surface area contributed by atoms with Crippen LogP contribution in [0.2, 0.25) is 0 Å². The lowest BCUT2D eigenvalue weighted by atomic mass is 10.1. The molecule has 0 atom stereocenters. The normalized spacial score (nSPS) is 11.4. The molecule has 0 bridgehead atoms. The molecular weight excluding hydrogens is 503 g/mol. The number of carbonyl (C=O) groups is 4. The van der Waals surface area contributed by atoms with E-state index in [2.05, 4.69) is 21.3 Å². The molecule has 0 saturated carbocycles. The van der Waals surface area contributed by atoms with Gasteiger partial charge in [-0.25, -0.2) is 9.59 Å². The molecule has 0 aliphatic carbocycles. The molecule has 0 saturated heterocycles. The number of ketones is 1. The van der Waals surface area contributed by atoms with Crippen molar-refractivity contribution in [2.75, 3.05) is 0 Å². The number of nitrogens with zero attached hydrogens (tertiary/aromatic N) is 1. The summed E-state index contributed by atoms with van der Waals surface area (Å²) in [5.74, 6) is -3.43. The fourth-order valence-corrected chi connectivity index (χ4v) is 3.20. The average Bonchev–Trinajstić information content (AvgIpc) is 2.81. The number of halogens is 3. The maximum atomic E-state index is 12.4. The van der Waals surface area contributed by atoms with Gasteiger partial charge < -0.3 is 14.3 Å². The molecule has 0 spiro atoms. The molecule has 2 rings (SSSR count). The Labute approximate surface area is 208 Å². The molecule has 0 aliphatic heterocycles. The minimum absolute atomic E-state index is 0.179. The highest BCUT2D eigenvalue weighted by Gasteiger charge is 2.33. The van der Waals surface area contributed by atoms with Gasteiger partial charge in [-0.1, -0.05) is 23.5 Å². The van der Waals surface area contributed by atoms with E-state index in [-0.39, 0.29) is 16.8 Å². The van der Waals surface area contributed by atoms with Crippen LogP contribution in [0.25, 0.3) is 0 Å². The predicted molar refractivity (Wildman–Crippen MR) is 122 cm³/mol. The summed E-state index contributed by atoms with van der Waals surface area (Å²) in [5.41, 5.74) is 0.363. The zero-order valence-corrected chi connectivity index (χ0v) is 19.9. The number of alkyl halides is 3. The first-order valence-electron chi connectivity index (χ1n) is 10.2. The number of benzene rings is 2. The van der Waals surface area contributed by atoms with Gasteiger partial charge in [0, 0.05) is 20.9 Å². The van der Waals surface area contributed by atoms with E-state index >= 15 is 0 Å². The second-order valence-corrected chi connectivity index (χ2v) is 8.30. The van der Waals surface area contributed by atoms with Crippen LogP contribution in [0, 0.1) is 0 Å². The number of rotatable bonds is 10. The molecular formula is C24H20F3NO7S. The van der Waals surface area contributed by atoms with E-state index in [1.54, 1.807) is 55.5 Å². The molecule has 8 nitrogen and oxygen atoms in total. The lowest BCUT2D eigenvalue weighted by Crippen LogP contribution is -2.20. The molecule has 0 N–H and O–H groups in total. The summed E-state index contributed by atoms with van der Waals surface area (Å²) in [5, 5.41) is 3.38. The third-order valence-corrected chi connectivity index (χ3v) is 5.13. The van der Waals surface area contributed by atoms with Crippen molar-refractivity contribution in [3.63, 3.8) is 0 Å². The van der Waals surface area contributed by atoms with Gasteiger partial charge in [-0.3, -0.25) is 9.59 Å². The van der Waals surface area contributed by atoms with Crippen molar-refractivity contribution in [3.05, 3.63) is 66.2 Å². The van der Waals surface area contributed by atoms with Gasteiger partial charge in [-0.05, 0) is 62.4 Å². The zero-order valence-electron chi connectivity index (χ0n) is 19.1. The number of oxime groups is 1. The van der Waals surface area contributed by atoms with E-state index in [4.69, 9.17) is 4.74 Å². The van der Waals surface area contributed by atoms with Crippen LogP contribution in [0.4, 0.5) is 13.2 Å². The lowest BCUT2D eigenvalue weighted by molar-refractivity contribution is -0.305. The Morgan fingerprint density at radius 2 is 1.42 bits per heavy atom. The molecule has 190 valence electrons. The van der Waals surface area contributed by atoms with E-state index in [1.807, 2.05) is 0 Å².